The van der Waals surface area contributed by atoms with E-state index in [2.05, 4.69) is 27.8 Å². The van der Waals surface area contributed by atoms with Crippen molar-refractivity contribution in [3.8, 4) is 0 Å². The fraction of sp³-hybridized carbons (Fsp3) is 0.609. The molecule has 0 aliphatic carbocycles. The van der Waals surface area contributed by atoms with Gasteiger partial charge in [-0.15, -0.1) is 0 Å². The van der Waals surface area contributed by atoms with Crippen molar-refractivity contribution in [1.82, 2.24) is 19.4 Å². The average Bonchev–Trinajstić information content (AvgIpc) is 3.40. The molecule has 1 amide bonds. The van der Waals surface area contributed by atoms with Crippen molar-refractivity contribution >= 4 is 50.5 Å². The summed E-state index contributed by atoms with van der Waals surface area (Å²) in [5, 5.41) is 1.28. The summed E-state index contributed by atoms with van der Waals surface area (Å²) >= 11 is 4.84. The topological polar surface area (TPSA) is 55.3 Å². The van der Waals surface area contributed by atoms with Gasteiger partial charge in [-0.25, -0.2) is 23.6 Å². The first-order chi connectivity index (χ1) is 15.0. The van der Waals surface area contributed by atoms with Crippen LogP contribution in [0.4, 0.5) is 15.0 Å². The summed E-state index contributed by atoms with van der Waals surface area (Å²) in [6.45, 7) is 16.9. The third kappa shape index (κ3) is 4.23. The van der Waals surface area contributed by atoms with Crippen molar-refractivity contribution in [3.05, 3.63) is 21.9 Å². The zero-order valence-electron chi connectivity index (χ0n) is 20.1. The number of rotatable bonds is 3. The highest BCUT2D eigenvalue weighted by Crippen LogP contribution is 2.50. The van der Waals surface area contributed by atoms with Crippen LogP contribution < -0.4 is 4.48 Å². The van der Waals surface area contributed by atoms with Crippen LogP contribution in [0.25, 0.3) is 10.9 Å². The van der Waals surface area contributed by atoms with Crippen LogP contribution in [0.2, 0.25) is 0 Å². The molecule has 1 aromatic carbocycles. The molecule has 176 valence electrons. The van der Waals surface area contributed by atoms with Crippen molar-refractivity contribution < 1.29 is 13.9 Å². The van der Waals surface area contributed by atoms with Crippen molar-refractivity contribution in [2.24, 2.45) is 0 Å². The predicted octanol–water partition coefficient (Wildman–Crippen LogP) is 6.26. The number of aryl methyl sites for hydroxylation is 1. The lowest BCUT2D eigenvalue weighted by Crippen LogP contribution is -2.39. The van der Waals surface area contributed by atoms with E-state index in [1.165, 1.54) is 11.8 Å². The highest BCUT2D eigenvalue weighted by atomic mass is 79.9. The summed E-state index contributed by atoms with van der Waals surface area (Å²) in [6.07, 6.45) is -0.345. The first-order valence-corrected chi connectivity index (χ1v) is 12.9. The van der Waals surface area contributed by atoms with Gasteiger partial charge < -0.3 is 4.74 Å². The normalized spacial score (nSPS) is 24.1. The summed E-state index contributed by atoms with van der Waals surface area (Å²) in [4.78, 5) is 24.0. The van der Waals surface area contributed by atoms with Gasteiger partial charge in [0.25, 0.3) is 0 Å². The average molecular weight is 529 g/mol. The molecular weight excluding hydrogens is 495 g/mol. The molecule has 2 aliphatic heterocycles. The third-order valence-corrected chi connectivity index (χ3v) is 7.48. The molecule has 32 heavy (non-hydrogen) atoms. The fourth-order valence-electron chi connectivity index (χ4n) is 4.35. The molecule has 0 spiro atoms. The number of fused-ring (bicyclic) bond motifs is 2. The monoisotopic (exact) mass is 527 g/mol. The van der Waals surface area contributed by atoms with E-state index in [1.807, 2.05) is 54.5 Å². The number of ether oxygens (including phenoxy) is 1. The Kier molecular flexibility index (Phi) is 7.13. The zero-order valence-corrected chi connectivity index (χ0v) is 22.5. The molecule has 0 radical (unpaired) electrons. The van der Waals surface area contributed by atoms with E-state index in [0.29, 0.717) is 31.6 Å². The molecule has 0 bridgehead atoms. The standard InChI is InChI=1S/C21H27BrFN4O2S.C2H6/c1-7-30-19-24-17-13(8-11(2)15(22)16(17)23)18(25-19)27-10-14(27)26(9-12(27)3)20(28)29-21(4,5)6;1-2/h8,12,14H,7,9-10H2,1-6H3;1-2H3/q+1;/t12-,14-,27?;/m0./s1. The van der Waals surface area contributed by atoms with E-state index < -0.39 is 5.60 Å². The van der Waals surface area contributed by atoms with E-state index in [4.69, 9.17) is 9.72 Å². The smallest absolute Gasteiger partial charge is 0.415 e. The number of piperazine rings is 1. The molecule has 3 heterocycles. The van der Waals surface area contributed by atoms with E-state index in [-0.39, 0.29) is 24.1 Å². The summed E-state index contributed by atoms with van der Waals surface area (Å²) in [6, 6.07) is 2.08. The Hall–Kier alpha value is -1.45. The van der Waals surface area contributed by atoms with Crippen LogP contribution in [-0.2, 0) is 4.74 Å². The molecule has 2 aromatic rings. The summed E-state index contributed by atoms with van der Waals surface area (Å²) < 4.78 is 21.7. The molecule has 2 aliphatic rings. The molecule has 2 saturated heterocycles. The van der Waals surface area contributed by atoms with Gasteiger partial charge in [-0.3, -0.25) is 0 Å². The van der Waals surface area contributed by atoms with Crippen LogP contribution in [0.15, 0.2) is 15.7 Å². The first-order valence-electron chi connectivity index (χ1n) is 11.2. The molecule has 1 unspecified atom stereocenters. The highest BCUT2D eigenvalue weighted by Gasteiger charge is 2.71. The fourth-order valence-corrected chi connectivity index (χ4v) is 5.22. The van der Waals surface area contributed by atoms with Crippen LogP contribution in [0, 0.1) is 12.7 Å². The number of benzene rings is 1. The highest BCUT2D eigenvalue weighted by molar-refractivity contribution is 9.10. The van der Waals surface area contributed by atoms with Crippen molar-refractivity contribution in [2.45, 2.75) is 78.4 Å². The number of quaternary nitrogens is 1. The molecule has 9 heteroatoms. The summed E-state index contributed by atoms with van der Waals surface area (Å²) in [5.74, 6) is 1.23. The number of thioether (sulfide) groups is 1. The van der Waals surface area contributed by atoms with Crippen molar-refractivity contribution in [1.29, 1.82) is 0 Å². The van der Waals surface area contributed by atoms with Gasteiger partial charge >= 0.3 is 6.09 Å². The molecule has 0 saturated carbocycles. The molecule has 3 atom stereocenters. The Labute approximate surface area is 202 Å². The number of amides is 1. The number of hydrogen-bond acceptors (Lipinski definition) is 5. The van der Waals surface area contributed by atoms with E-state index >= 15 is 4.39 Å². The van der Waals surface area contributed by atoms with E-state index in [1.54, 1.807) is 4.90 Å². The Morgan fingerprint density at radius 1 is 1.38 bits per heavy atom. The SMILES string of the molecule is CC.CCSc1nc([N+]23C[C@H]2N(C(=O)OC(C)(C)C)C[C@@H]3C)c2cc(C)c(Br)c(F)c2n1. The molecule has 6 nitrogen and oxygen atoms in total. The van der Waals surface area contributed by atoms with Gasteiger partial charge in [0.1, 0.15) is 17.2 Å². The van der Waals surface area contributed by atoms with Crippen molar-refractivity contribution in [2.75, 3.05) is 18.8 Å². The lowest BCUT2D eigenvalue weighted by Gasteiger charge is -2.23. The molecule has 1 aromatic heterocycles. The Bertz CT molecular complexity index is 1050. The molecule has 4 rings (SSSR count). The number of carbonyl (C=O) groups excluding carboxylic acids is 1. The largest absolute Gasteiger partial charge is 0.444 e. The minimum absolute atomic E-state index is 0.0422. The van der Waals surface area contributed by atoms with E-state index in [0.717, 1.165) is 23.7 Å². The number of nitrogens with zero attached hydrogens (tertiary/aromatic N) is 4. The lowest BCUT2D eigenvalue weighted by atomic mass is 10.1. The zero-order chi connectivity index (χ0) is 24.0. The van der Waals surface area contributed by atoms with Crippen molar-refractivity contribution in [3.63, 3.8) is 0 Å². The lowest BCUT2D eigenvalue weighted by molar-refractivity contribution is 0.0262. The van der Waals surface area contributed by atoms with Gasteiger partial charge in [-0.05, 0) is 67.9 Å². The maximum Gasteiger partial charge on any atom is 0.415 e. The predicted molar refractivity (Wildman–Crippen MR) is 133 cm³/mol. The van der Waals surface area contributed by atoms with Crippen LogP contribution in [0.5, 0.6) is 0 Å². The quantitative estimate of drug-likeness (QED) is 0.204. The molecular formula is C23H33BrFN4O2S+. The number of hydrogen-bond donors (Lipinski definition) is 0. The second kappa shape index (κ2) is 9.06. The van der Waals surface area contributed by atoms with Crippen LogP contribution >= 0.6 is 27.7 Å². The maximum atomic E-state index is 15.1. The van der Waals surface area contributed by atoms with Gasteiger partial charge in [0.15, 0.2) is 17.5 Å². The number of halogens is 2. The van der Waals surface area contributed by atoms with Crippen LogP contribution in [-0.4, -0.2) is 57.6 Å². The van der Waals surface area contributed by atoms with Gasteiger partial charge in [0.05, 0.1) is 16.4 Å². The summed E-state index contributed by atoms with van der Waals surface area (Å²) in [7, 11) is 0. The summed E-state index contributed by atoms with van der Waals surface area (Å²) in [5.41, 5.74) is 0.578. The maximum absolute atomic E-state index is 15.1. The Morgan fingerprint density at radius 2 is 2.03 bits per heavy atom. The molecule has 0 N–H and O–H groups in total. The minimum atomic E-state index is -0.549. The van der Waals surface area contributed by atoms with E-state index in [9.17, 15) is 4.79 Å². The number of carbonyl (C=O) groups is 1. The second-order valence-electron chi connectivity index (χ2n) is 9.06. The van der Waals surface area contributed by atoms with Crippen LogP contribution in [0.1, 0.15) is 54.0 Å². The minimum Gasteiger partial charge on any atom is -0.444 e. The molecule has 2 fully saturated rings. The van der Waals surface area contributed by atoms with Crippen LogP contribution in [0.3, 0.4) is 0 Å². The van der Waals surface area contributed by atoms with Gasteiger partial charge in [0.2, 0.25) is 12.0 Å². The van der Waals surface area contributed by atoms with Gasteiger partial charge in [-0.1, -0.05) is 32.5 Å². The first kappa shape index (κ1) is 25.2. The Morgan fingerprint density at radius 3 is 2.59 bits per heavy atom. The Balaban J connectivity index is 0.00000141. The number of aromatic nitrogens is 2. The second-order valence-corrected chi connectivity index (χ2v) is 11.1. The van der Waals surface area contributed by atoms with Gasteiger partial charge in [0, 0.05) is 0 Å². The third-order valence-electron chi connectivity index (χ3n) is 5.78. The van der Waals surface area contributed by atoms with Gasteiger partial charge in [-0.2, -0.15) is 4.98 Å².